The van der Waals surface area contributed by atoms with Gasteiger partial charge in [0.25, 0.3) is 0 Å². The van der Waals surface area contributed by atoms with E-state index >= 15 is 0 Å². The molecule has 0 spiro atoms. The fourth-order valence-corrected chi connectivity index (χ4v) is 2.98. The van der Waals surface area contributed by atoms with Crippen molar-refractivity contribution in [2.75, 3.05) is 0 Å². The van der Waals surface area contributed by atoms with E-state index < -0.39 is 11.2 Å². The minimum absolute atomic E-state index is 0.530. The Kier molecular flexibility index (Phi) is 4.65. The van der Waals surface area contributed by atoms with Crippen LogP contribution >= 0.6 is 0 Å². The van der Waals surface area contributed by atoms with Crippen LogP contribution in [0.1, 0.15) is 22.3 Å². The summed E-state index contributed by atoms with van der Waals surface area (Å²) >= 11 is 0. The second-order valence-electron chi connectivity index (χ2n) is 6.02. The molecule has 0 bridgehead atoms. The molecular weight excluding hydrogens is 320 g/mol. The molecule has 0 saturated carbocycles. The molecule has 0 aliphatic heterocycles. The molecule has 2 N–H and O–H groups in total. The van der Waals surface area contributed by atoms with Gasteiger partial charge >= 0.3 is 0 Å². The largest absolute Gasteiger partial charge is 0.369 e. The summed E-state index contributed by atoms with van der Waals surface area (Å²) in [6.45, 7) is 0. The highest BCUT2D eigenvalue weighted by atomic mass is 16.3. The van der Waals surface area contributed by atoms with Gasteiger partial charge in [-0.05, 0) is 0 Å². The Hall–Kier alpha value is -3.30. The van der Waals surface area contributed by atoms with E-state index in [4.69, 9.17) is 12.8 Å². The second-order valence-corrected chi connectivity index (χ2v) is 6.02. The number of hydrogen-bond acceptors (Lipinski definition) is 2. The van der Waals surface area contributed by atoms with E-state index in [-0.39, 0.29) is 0 Å². The van der Waals surface area contributed by atoms with Crippen LogP contribution in [-0.4, -0.2) is 10.2 Å². The zero-order valence-electron chi connectivity index (χ0n) is 14.1. The summed E-state index contributed by atoms with van der Waals surface area (Å²) < 4.78 is 0. The van der Waals surface area contributed by atoms with Gasteiger partial charge in [0.2, 0.25) is 0 Å². The molecule has 0 aliphatic rings. The summed E-state index contributed by atoms with van der Waals surface area (Å²) in [6, 6.07) is 24.8. The SMILES string of the molecule is C#CC(O)(c1ccccc1)c1ccc(C(O)(C#C)c2ccccc2)cc1. The minimum atomic E-state index is -1.55. The molecule has 3 aromatic carbocycles. The average molecular weight is 338 g/mol. The molecule has 2 atom stereocenters. The summed E-state index contributed by atoms with van der Waals surface area (Å²) in [4.78, 5) is 0. The van der Waals surface area contributed by atoms with Gasteiger partial charge in [-0.1, -0.05) is 96.8 Å². The maximum Gasteiger partial charge on any atom is 0.176 e. The van der Waals surface area contributed by atoms with Gasteiger partial charge in [0.15, 0.2) is 11.2 Å². The van der Waals surface area contributed by atoms with Gasteiger partial charge in [-0.3, -0.25) is 0 Å². The first kappa shape index (κ1) is 17.5. The predicted molar refractivity (Wildman–Crippen MR) is 103 cm³/mol. The topological polar surface area (TPSA) is 40.5 Å². The van der Waals surface area contributed by atoms with Crippen LogP contribution in [0.3, 0.4) is 0 Å². The molecule has 3 rings (SSSR count). The molecule has 126 valence electrons. The number of rotatable bonds is 4. The molecule has 0 aromatic heterocycles. The van der Waals surface area contributed by atoms with E-state index in [0.29, 0.717) is 22.3 Å². The van der Waals surface area contributed by atoms with Gasteiger partial charge < -0.3 is 10.2 Å². The van der Waals surface area contributed by atoms with Crippen molar-refractivity contribution >= 4 is 0 Å². The number of aliphatic hydroxyl groups is 2. The first-order valence-corrected chi connectivity index (χ1v) is 8.17. The zero-order chi connectivity index (χ0) is 18.6. The van der Waals surface area contributed by atoms with E-state index in [9.17, 15) is 10.2 Å². The summed E-state index contributed by atoms with van der Waals surface area (Å²) in [5.41, 5.74) is -0.845. The Morgan fingerprint density at radius 2 is 0.769 bits per heavy atom. The van der Waals surface area contributed by atoms with Crippen molar-refractivity contribution in [3.63, 3.8) is 0 Å². The monoisotopic (exact) mass is 338 g/mol. The van der Waals surface area contributed by atoms with Crippen LogP contribution in [-0.2, 0) is 11.2 Å². The van der Waals surface area contributed by atoms with Crippen molar-refractivity contribution < 1.29 is 10.2 Å². The van der Waals surface area contributed by atoms with Crippen molar-refractivity contribution in [2.45, 2.75) is 11.2 Å². The molecule has 3 aromatic rings. The molecule has 0 radical (unpaired) electrons. The van der Waals surface area contributed by atoms with Crippen LogP contribution in [0, 0.1) is 24.7 Å². The Morgan fingerprint density at radius 1 is 0.500 bits per heavy atom. The maximum absolute atomic E-state index is 11.0. The zero-order valence-corrected chi connectivity index (χ0v) is 14.1. The fourth-order valence-electron chi connectivity index (χ4n) is 2.98. The highest BCUT2D eigenvalue weighted by Gasteiger charge is 2.32. The van der Waals surface area contributed by atoms with Crippen LogP contribution in [0.4, 0.5) is 0 Å². The molecule has 0 saturated heterocycles. The molecule has 26 heavy (non-hydrogen) atoms. The second kappa shape index (κ2) is 6.90. The van der Waals surface area contributed by atoms with Gasteiger partial charge in [0, 0.05) is 22.3 Å². The lowest BCUT2D eigenvalue weighted by molar-refractivity contribution is 0.141. The summed E-state index contributed by atoms with van der Waals surface area (Å²) in [5.74, 6) is 4.94. The molecule has 2 heteroatoms. The Labute approximate surface area is 153 Å². The lowest BCUT2D eigenvalue weighted by atomic mass is 9.83. The molecular formula is C24H18O2. The summed E-state index contributed by atoms with van der Waals surface area (Å²) in [6.07, 6.45) is 11.3. The van der Waals surface area contributed by atoms with Crippen LogP contribution in [0.25, 0.3) is 0 Å². The normalized spacial score (nSPS) is 15.1. The van der Waals surface area contributed by atoms with Gasteiger partial charge in [0.1, 0.15) is 0 Å². The molecule has 2 unspecified atom stereocenters. The van der Waals surface area contributed by atoms with Gasteiger partial charge in [-0.25, -0.2) is 0 Å². The lowest BCUT2D eigenvalue weighted by Gasteiger charge is -2.26. The highest BCUT2D eigenvalue weighted by molar-refractivity contribution is 5.48. The van der Waals surface area contributed by atoms with Crippen LogP contribution in [0.15, 0.2) is 84.9 Å². The lowest BCUT2D eigenvalue weighted by Crippen LogP contribution is -2.27. The van der Waals surface area contributed by atoms with Crippen molar-refractivity contribution in [3.05, 3.63) is 107 Å². The first-order chi connectivity index (χ1) is 12.5. The number of hydrogen-bond donors (Lipinski definition) is 2. The molecule has 2 nitrogen and oxygen atoms in total. The van der Waals surface area contributed by atoms with E-state index in [1.165, 1.54) is 0 Å². The van der Waals surface area contributed by atoms with Crippen LogP contribution in [0.5, 0.6) is 0 Å². The predicted octanol–water partition coefficient (Wildman–Crippen LogP) is 3.42. The molecule has 0 aliphatic carbocycles. The van der Waals surface area contributed by atoms with Crippen molar-refractivity contribution in [2.24, 2.45) is 0 Å². The van der Waals surface area contributed by atoms with Crippen molar-refractivity contribution in [3.8, 4) is 24.7 Å². The molecule has 0 fully saturated rings. The third kappa shape index (κ3) is 2.89. The maximum atomic E-state index is 11.0. The van der Waals surface area contributed by atoms with E-state index in [0.717, 1.165) is 0 Å². The van der Waals surface area contributed by atoms with E-state index in [1.807, 2.05) is 36.4 Å². The van der Waals surface area contributed by atoms with Gasteiger partial charge in [-0.15, -0.1) is 12.8 Å². The smallest absolute Gasteiger partial charge is 0.176 e. The van der Waals surface area contributed by atoms with Crippen molar-refractivity contribution in [1.82, 2.24) is 0 Å². The van der Waals surface area contributed by atoms with Crippen molar-refractivity contribution in [1.29, 1.82) is 0 Å². The Bertz CT molecular complexity index is 880. The standard InChI is InChI=1S/C24H18O2/c1-3-23(25,19-11-7-5-8-12-19)21-15-17-22(18-16-21)24(26,4-2)20-13-9-6-10-14-20/h1-2,5-18,25-26H. The Morgan fingerprint density at radius 3 is 1.04 bits per heavy atom. The first-order valence-electron chi connectivity index (χ1n) is 8.17. The summed E-state index contributed by atoms with van der Waals surface area (Å²) in [5, 5.41) is 22.0. The van der Waals surface area contributed by atoms with Crippen LogP contribution < -0.4 is 0 Å². The highest BCUT2D eigenvalue weighted by Crippen LogP contribution is 2.33. The van der Waals surface area contributed by atoms with E-state index in [2.05, 4.69) is 11.8 Å². The number of benzene rings is 3. The third-order valence-electron chi connectivity index (χ3n) is 4.52. The van der Waals surface area contributed by atoms with E-state index in [1.54, 1.807) is 48.5 Å². The summed E-state index contributed by atoms with van der Waals surface area (Å²) in [7, 11) is 0. The average Bonchev–Trinajstić information content (AvgIpc) is 2.74. The number of terminal acetylenes is 2. The fraction of sp³-hybridized carbons (Fsp3) is 0.0833. The molecule has 0 amide bonds. The molecule has 0 heterocycles. The van der Waals surface area contributed by atoms with Crippen LogP contribution in [0.2, 0.25) is 0 Å². The minimum Gasteiger partial charge on any atom is -0.369 e. The quantitative estimate of drug-likeness (QED) is 0.716. The van der Waals surface area contributed by atoms with Gasteiger partial charge in [0.05, 0.1) is 0 Å². The Balaban J connectivity index is 2.04. The van der Waals surface area contributed by atoms with Gasteiger partial charge in [-0.2, -0.15) is 0 Å². The third-order valence-corrected chi connectivity index (χ3v) is 4.52.